The lowest BCUT2D eigenvalue weighted by Gasteiger charge is -2.33. The number of pyridine rings is 1. The van der Waals surface area contributed by atoms with Crippen LogP contribution in [0.1, 0.15) is 23.2 Å². The number of nitrogens with zero attached hydrogens (tertiary/aromatic N) is 2. The summed E-state index contributed by atoms with van der Waals surface area (Å²) in [6.45, 7) is -0.285. The predicted octanol–water partition coefficient (Wildman–Crippen LogP) is 2.69. The van der Waals surface area contributed by atoms with E-state index in [4.69, 9.17) is 0 Å². The van der Waals surface area contributed by atoms with Crippen molar-refractivity contribution >= 4 is 23.0 Å². The van der Waals surface area contributed by atoms with Crippen molar-refractivity contribution in [2.45, 2.75) is 18.8 Å². The number of nitrogens with one attached hydrogen (secondary N) is 3. The first-order valence-corrected chi connectivity index (χ1v) is 10.8. The fourth-order valence-electron chi connectivity index (χ4n) is 4.10. The number of hydrogen-bond acceptors (Lipinski definition) is 6. The highest BCUT2D eigenvalue weighted by molar-refractivity contribution is 6.04. The van der Waals surface area contributed by atoms with E-state index in [2.05, 4.69) is 20.9 Å². The van der Waals surface area contributed by atoms with Gasteiger partial charge in [-0.3, -0.25) is 9.78 Å². The van der Waals surface area contributed by atoms with Gasteiger partial charge in [0, 0.05) is 24.7 Å². The number of benzene rings is 1. The van der Waals surface area contributed by atoms with Gasteiger partial charge in [-0.1, -0.05) is 12.1 Å². The van der Waals surface area contributed by atoms with E-state index in [0.29, 0.717) is 42.9 Å². The second kappa shape index (κ2) is 9.30. The molecule has 33 heavy (non-hydrogen) atoms. The van der Waals surface area contributed by atoms with Crippen LogP contribution in [0.3, 0.4) is 0 Å². The van der Waals surface area contributed by atoms with Crippen molar-refractivity contribution in [3.8, 4) is 0 Å². The third kappa shape index (κ3) is 4.90. The molecular formula is C23H26F3N5O2. The van der Waals surface area contributed by atoms with E-state index < -0.39 is 24.9 Å². The molecule has 4 rings (SSSR count). The molecule has 1 aromatic heterocycles. The number of anilines is 2. The molecule has 2 aliphatic rings. The minimum Gasteiger partial charge on any atom is -0.505 e. The van der Waals surface area contributed by atoms with Crippen molar-refractivity contribution in [2.24, 2.45) is 0 Å². The quantitative estimate of drug-likeness (QED) is 0.474. The zero-order chi connectivity index (χ0) is 23.6. The first-order valence-electron chi connectivity index (χ1n) is 10.8. The van der Waals surface area contributed by atoms with Gasteiger partial charge >= 0.3 is 0 Å². The fourth-order valence-corrected chi connectivity index (χ4v) is 4.10. The number of carbonyl (C=O) groups is 1. The lowest BCUT2D eigenvalue weighted by molar-refractivity contribution is -0.117. The first-order chi connectivity index (χ1) is 15.8. The van der Waals surface area contributed by atoms with Crippen molar-refractivity contribution in [1.82, 2.24) is 15.6 Å². The number of aromatic nitrogens is 1. The van der Waals surface area contributed by atoms with E-state index in [9.17, 15) is 23.1 Å². The van der Waals surface area contributed by atoms with Crippen molar-refractivity contribution in [3.05, 3.63) is 58.7 Å². The summed E-state index contributed by atoms with van der Waals surface area (Å²) in [5.74, 6) is -4.25. The molecule has 0 unspecified atom stereocenters. The maximum Gasteiger partial charge on any atom is 0.282 e. The molecule has 0 saturated carbocycles. The highest BCUT2D eigenvalue weighted by Crippen LogP contribution is 2.43. The number of aliphatic hydroxyl groups is 1. The number of rotatable bonds is 7. The molecule has 0 spiro atoms. The summed E-state index contributed by atoms with van der Waals surface area (Å²) >= 11 is 0. The van der Waals surface area contributed by atoms with Gasteiger partial charge in [0.05, 0.1) is 36.6 Å². The molecule has 10 heteroatoms. The third-order valence-corrected chi connectivity index (χ3v) is 5.72. The zero-order valence-corrected chi connectivity index (χ0v) is 18.2. The van der Waals surface area contributed by atoms with Crippen LogP contribution in [0, 0.1) is 5.82 Å². The third-order valence-electron chi connectivity index (χ3n) is 5.72. The molecule has 0 radical (unpaired) electrons. The van der Waals surface area contributed by atoms with Crippen LogP contribution in [0.5, 0.6) is 0 Å². The molecule has 1 amide bonds. The fraction of sp³-hybridized carbons (Fsp3) is 0.391. The van der Waals surface area contributed by atoms with Crippen molar-refractivity contribution in [3.63, 3.8) is 0 Å². The average Bonchev–Trinajstić information content (AvgIpc) is 2.92. The van der Waals surface area contributed by atoms with Crippen LogP contribution in [-0.4, -0.2) is 61.7 Å². The predicted molar refractivity (Wildman–Crippen MR) is 120 cm³/mol. The minimum absolute atomic E-state index is 0.00870. The molecular weight excluding hydrogens is 435 g/mol. The topological polar surface area (TPSA) is 89.5 Å². The van der Waals surface area contributed by atoms with Crippen LogP contribution in [0.15, 0.2) is 36.0 Å². The molecule has 7 nitrogen and oxygen atoms in total. The SMILES string of the molecule is CNCCCNC(=O)C1=C(O)c2ncc(Cc3ccc(F)cc3)c3c2N(C1)CC(F)(F)CN3. The Morgan fingerprint density at radius 2 is 2.03 bits per heavy atom. The van der Waals surface area contributed by atoms with Gasteiger partial charge in [-0.25, -0.2) is 13.2 Å². The molecule has 4 N–H and O–H groups in total. The van der Waals surface area contributed by atoms with E-state index in [1.54, 1.807) is 19.2 Å². The Bertz CT molecular complexity index is 1070. The number of amides is 1. The van der Waals surface area contributed by atoms with Crippen LogP contribution in [0.25, 0.3) is 5.76 Å². The largest absolute Gasteiger partial charge is 0.505 e. The summed E-state index contributed by atoms with van der Waals surface area (Å²) in [4.78, 5) is 18.4. The Morgan fingerprint density at radius 3 is 2.76 bits per heavy atom. The summed E-state index contributed by atoms with van der Waals surface area (Å²) in [5, 5.41) is 19.4. The number of alkyl halides is 2. The molecule has 176 valence electrons. The molecule has 0 saturated heterocycles. The summed E-state index contributed by atoms with van der Waals surface area (Å²) in [6, 6.07) is 5.92. The standard InChI is InChI=1S/C23H26F3N5O2/c1-27-7-2-8-28-22(33)17-11-31-13-23(25,26)12-30-18-15(9-14-3-5-16(24)6-4-14)10-29-19(20(18)31)21(17)32/h3-6,10,27,30,32H,2,7-9,11-13H2,1H3,(H,28,33). The summed E-state index contributed by atoms with van der Waals surface area (Å²) in [6.07, 6.45) is 2.52. The first kappa shape index (κ1) is 22.9. The van der Waals surface area contributed by atoms with E-state index in [1.807, 2.05) is 0 Å². The summed E-state index contributed by atoms with van der Waals surface area (Å²) in [5.41, 5.74) is 2.29. The Morgan fingerprint density at radius 1 is 1.27 bits per heavy atom. The Kier molecular flexibility index (Phi) is 6.46. The average molecular weight is 461 g/mol. The van der Waals surface area contributed by atoms with E-state index in [0.717, 1.165) is 5.56 Å². The van der Waals surface area contributed by atoms with Gasteiger partial charge in [0.15, 0.2) is 5.76 Å². The highest BCUT2D eigenvalue weighted by atomic mass is 19.3. The summed E-state index contributed by atoms with van der Waals surface area (Å²) < 4.78 is 42.4. The van der Waals surface area contributed by atoms with E-state index in [1.165, 1.54) is 23.2 Å². The maximum atomic E-state index is 14.6. The second-order valence-corrected chi connectivity index (χ2v) is 8.26. The van der Waals surface area contributed by atoms with Gasteiger partial charge in [0.1, 0.15) is 11.5 Å². The number of aliphatic hydroxyl groups excluding tert-OH is 1. The molecule has 2 aromatic rings. The Balaban J connectivity index is 1.71. The van der Waals surface area contributed by atoms with E-state index in [-0.39, 0.29) is 29.4 Å². The van der Waals surface area contributed by atoms with Gasteiger partial charge in [-0.05, 0) is 37.7 Å². The van der Waals surface area contributed by atoms with Crippen LogP contribution in [-0.2, 0) is 11.2 Å². The Labute approximate surface area is 189 Å². The van der Waals surface area contributed by atoms with Gasteiger partial charge in [-0.2, -0.15) is 0 Å². The lowest BCUT2D eigenvalue weighted by Crippen LogP contribution is -2.43. The molecule has 0 atom stereocenters. The van der Waals surface area contributed by atoms with E-state index >= 15 is 0 Å². The second-order valence-electron chi connectivity index (χ2n) is 8.26. The van der Waals surface area contributed by atoms with Gasteiger partial charge < -0.3 is 26.0 Å². The van der Waals surface area contributed by atoms with Gasteiger partial charge in [-0.15, -0.1) is 0 Å². The van der Waals surface area contributed by atoms with Crippen molar-refractivity contribution in [2.75, 3.05) is 50.0 Å². The zero-order valence-electron chi connectivity index (χ0n) is 18.2. The maximum absolute atomic E-state index is 14.6. The lowest BCUT2D eigenvalue weighted by atomic mass is 9.98. The number of halogens is 3. The summed E-state index contributed by atoms with van der Waals surface area (Å²) in [7, 11) is 1.80. The van der Waals surface area contributed by atoms with Gasteiger partial charge in [0.25, 0.3) is 11.8 Å². The highest BCUT2D eigenvalue weighted by Gasteiger charge is 2.41. The molecule has 2 aliphatic heterocycles. The number of carbonyl (C=O) groups excluding carboxylic acids is 1. The molecule has 0 aliphatic carbocycles. The van der Waals surface area contributed by atoms with Crippen LogP contribution in [0.2, 0.25) is 0 Å². The van der Waals surface area contributed by atoms with Crippen molar-refractivity contribution in [1.29, 1.82) is 0 Å². The smallest absolute Gasteiger partial charge is 0.282 e. The molecule has 3 heterocycles. The molecule has 0 fully saturated rings. The molecule has 1 aromatic carbocycles. The van der Waals surface area contributed by atoms with Crippen molar-refractivity contribution < 1.29 is 23.1 Å². The van der Waals surface area contributed by atoms with Crippen LogP contribution < -0.4 is 20.9 Å². The Hall–Kier alpha value is -3.27. The van der Waals surface area contributed by atoms with Crippen LogP contribution >= 0.6 is 0 Å². The van der Waals surface area contributed by atoms with Crippen LogP contribution in [0.4, 0.5) is 24.5 Å². The minimum atomic E-state index is -3.06. The normalized spacial score (nSPS) is 16.7. The molecule has 0 bridgehead atoms. The van der Waals surface area contributed by atoms with Gasteiger partial charge in [0.2, 0.25) is 0 Å². The monoisotopic (exact) mass is 461 g/mol. The number of hydrogen-bond donors (Lipinski definition) is 4.